The van der Waals surface area contributed by atoms with Crippen LogP contribution in [0.3, 0.4) is 0 Å². The number of rotatable bonds is 8. The monoisotopic (exact) mass is 303 g/mol. The molecule has 0 aliphatic heterocycles. The summed E-state index contributed by atoms with van der Waals surface area (Å²) in [7, 11) is 0. The maximum absolute atomic E-state index is 11.8. The molecule has 1 amide bonds. The van der Waals surface area contributed by atoms with E-state index in [0.717, 1.165) is 25.9 Å². The molecule has 0 fully saturated rings. The Morgan fingerprint density at radius 2 is 1.95 bits per heavy atom. The Hall–Kier alpha value is -0.770. The predicted octanol–water partition coefficient (Wildman–Crippen LogP) is 3.93. The number of ether oxygens (including phenoxy) is 1. The fourth-order valence-electron chi connectivity index (χ4n) is 1.46. The van der Waals surface area contributed by atoms with E-state index in [9.17, 15) is 4.79 Å². The summed E-state index contributed by atoms with van der Waals surface area (Å²) >= 11 is 11.7. The van der Waals surface area contributed by atoms with Crippen molar-refractivity contribution in [3.8, 4) is 0 Å². The van der Waals surface area contributed by atoms with Gasteiger partial charge in [0.2, 0.25) is 0 Å². The van der Waals surface area contributed by atoms with Crippen LogP contribution in [0, 0.1) is 0 Å². The average molecular weight is 304 g/mol. The number of halogens is 2. The molecule has 1 aromatic carbocycles. The molecule has 19 heavy (non-hydrogen) atoms. The van der Waals surface area contributed by atoms with Crippen molar-refractivity contribution in [3.63, 3.8) is 0 Å². The van der Waals surface area contributed by atoms with Crippen molar-refractivity contribution in [1.82, 2.24) is 5.32 Å². The molecule has 0 spiro atoms. The zero-order valence-corrected chi connectivity index (χ0v) is 12.6. The van der Waals surface area contributed by atoms with E-state index in [1.54, 1.807) is 18.2 Å². The molecule has 0 aromatic heterocycles. The quantitative estimate of drug-likeness (QED) is 0.739. The minimum absolute atomic E-state index is 0.146. The molecule has 0 aliphatic rings. The molecule has 0 aliphatic carbocycles. The molecule has 0 heterocycles. The van der Waals surface area contributed by atoms with Gasteiger partial charge in [0.05, 0.1) is 10.0 Å². The third-order valence-electron chi connectivity index (χ3n) is 2.58. The van der Waals surface area contributed by atoms with Crippen LogP contribution >= 0.6 is 23.2 Å². The number of hydrogen-bond acceptors (Lipinski definition) is 2. The molecular weight excluding hydrogens is 285 g/mol. The van der Waals surface area contributed by atoms with Gasteiger partial charge < -0.3 is 10.1 Å². The molecule has 0 bridgehead atoms. The zero-order chi connectivity index (χ0) is 14.1. The number of nitrogens with one attached hydrogen (secondary N) is 1. The van der Waals surface area contributed by atoms with Crippen LogP contribution in [0.2, 0.25) is 10.0 Å². The van der Waals surface area contributed by atoms with Gasteiger partial charge in [-0.1, -0.05) is 36.5 Å². The lowest BCUT2D eigenvalue weighted by Crippen LogP contribution is -2.25. The molecule has 0 atom stereocenters. The lowest BCUT2D eigenvalue weighted by molar-refractivity contribution is 0.0940. The van der Waals surface area contributed by atoms with E-state index in [-0.39, 0.29) is 5.91 Å². The fourth-order valence-corrected chi connectivity index (χ4v) is 1.76. The van der Waals surface area contributed by atoms with Crippen molar-refractivity contribution in [2.45, 2.75) is 26.2 Å². The molecular formula is C14H19Cl2NO2. The van der Waals surface area contributed by atoms with E-state index in [0.29, 0.717) is 28.8 Å². The predicted molar refractivity (Wildman–Crippen MR) is 79.1 cm³/mol. The van der Waals surface area contributed by atoms with E-state index in [1.807, 2.05) is 0 Å². The van der Waals surface area contributed by atoms with Crippen molar-refractivity contribution in [2.75, 3.05) is 19.8 Å². The van der Waals surface area contributed by atoms with Crippen LogP contribution in [0.5, 0.6) is 0 Å². The van der Waals surface area contributed by atoms with E-state index >= 15 is 0 Å². The first kappa shape index (κ1) is 16.3. The summed E-state index contributed by atoms with van der Waals surface area (Å²) in [6, 6.07) is 4.84. The van der Waals surface area contributed by atoms with Gasteiger partial charge in [-0.3, -0.25) is 4.79 Å². The first-order chi connectivity index (χ1) is 9.15. The second-order valence-electron chi connectivity index (χ2n) is 4.20. The number of benzene rings is 1. The molecule has 0 saturated carbocycles. The van der Waals surface area contributed by atoms with Gasteiger partial charge in [-0.2, -0.15) is 0 Å². The first-order valence-corrected chi connectivity index (χ1v) is 7.21. The third-order valence-corrected chi connectivity index (χ3v) is 3.31. The van der Waals surface area contributed by atoms with Gasteiger partial charge in [0.1, 0.15) is 0 Å². The van der Waals surface area contributed by atoms with Crippen LogP contribution in [0.15, 0.2) is 18.2 Å². The highest BCUT2D eigenvalue weighted by Gasteiger charge is 2.07. The number of amides is 1. The Bertz CT molecular complexity index is 410. The highest BCUT2D eigenvalue weighted by molar-refractivity contribution is 6.42. The van der Waals surface area contributed by atoms with Gasteiger partial charge in [-0.05, 0) is 31.0 Å². The van der Waals surface area contributed by atoms with Gasteiger partial charge in [0.25, 0.3) is 5.91 Å². The molecule has 106 valence electrons. The Morgan fingerprint density at radius 1 is 1.21 bits per heavy atom. The number of hydrogen-bond donors (Lipinski definition) is 1. The number of unbranched alkanes of at least 4 members (excludes halogenated alkanes) is 1. The van der Waals surface area contributed by atoms with Crippen molar-refractivity contribution < 1.29 is 9.53 Å². The summed E-state index contributed by atoms with van der Waals surface area (Å²) < 4.78 is 5.41. The van der Waals surface area contributed by atoms with E-state index in [1.165, 1.54) is 0 Å². The smallest absolute Gasteiger partial charge is 0.251 e. The second-order valence-corrected chi connectivity index (χ2v) is 5.02. The van der Waals surface area contributed by atoms with Crippen LogP contribution in [0.25, 0.3) is 0 Å². The maximum Gasteiger partial charge on any atom is 0.251 e. The molecule has 0 unspecified atom stereocenters. The number of carbonyl (C=O) groups excluding carboxylic acids is 1. The largest absolute Gasteiger partial charge is 0.381 e. The Balaban J connectivity index is 2.22. The van der Waals surface area contributed by atoms with E-state index in [2.05, 4.69) is 12.2 Å². The summed E-state index contributed by atoms with van der Waals surface area (Å²) in [6.45, 7) is 4.17. The summed E-state index contributed by atoms with van der Waals surface area (Å²) in [6.07, 6.45) is 3.01. The molecule has 5 heteroatoms. The molecule has 1 aromatic rings. The average Bonchev–Trinajstić information content (AvgIpc) is 2.40. The minimum atomic E-state index is -0.146. The standard InChI is InChI=1S/C14H19Cl2NO2/c1-2-3-8-19-9-4-7-17-14(18)11-5-6-12(15)13(16)10-11/h5-6,10H,2-4,7-9H2,1H3,(H,17,18). The third kappa shape index (κ3) is 6.28. The van der Waals surface area contributed by atoms with E-state index < -0.39 is 0 Å². The highest BCUT2D eigenvalue weighted by Crippen LogP contribution is 2.22. The van der Waals surface area contributed by atoms with Crippen molar-refractivity contribution in [2.24, 2.45) is 0 Å². The van der Waals surface area contributed by atoms with Gasteiger partial charge >= 0.3 is 0 Å². The van der Waals surface area contributed by atoms with Crippen molar-refractivity contribution in [1.29, 1.82) is 0 Å². The van der Waals surface area contributed by atoms with Gasteiger partial charge in [0, 0.05) is 25.3 Å². The Labute approximate surface area is 124 Å². The normalized spacial score (nSPS) is 10.5. The van der Waals surface area contributed by atoms with Crippen molar-refractivity contribution >= 4 is 29.1 Å². The maximum atomic E-state index is 11.8. The van der Waals surface area contributed by atoms with Crippen LogP contribution in [0.1, 0.15) is 36.5 Å². The Morgan fingerprint density at radius 3 is 2.63 bits per heavy atom. The van der Waals surface area contributed by atoms with Gasteiger partial charge in [-0.15, -0.1) is 0 Å². The molecule has 0 saturated heterocycles. The molecule has 1 rings (SSSR count). The summed E-state index contributed by atoms with van der Waals surface area (Å²) in [5.41, 5.74) is 0.515. The van der Waals surface area contributed by atoms with Gasteiger partial charge in [-0.25, -0.2) is 0 Å². The van der Waals surface area contributed by atoms with Crippen LogP contribution in [-0.2, 0) is 4.74 Å². The lowest BCUT2D eigenvalue weighted by Gasteiger charge is -2.06. The number of carbonyl (C=O) groups is 1. The van der Waals surface area contributed by atoms with Crippen LogP contribution in [0.4, 0.5) is 0 Å². The van der Waals surface area contributed by atoms with E-state index in [4.69, 9.17) is 27.9 Å². The zero-order valence-electron chi connectivity index (χ0n) is 11.0. The van der Waals surface area contributed by atoms with Crippen LogP contribution < -0.4 is 5.32 Å². The minimum Gasteiger partial charge on any atom is -0.381 e. The SMILES string of the molecule is CCCCOCCCNC(=O)c1ccc(Cl)c(Cl)c1. The Kier molecular flexibility index (Phi) is 7.87. The molecule has 0 radical (unpaired) electrons. The topological polar surface area (TPSA) is 38.3 Å². The summed E-state index contributed by atoms with van der Waals surface area (Å²) in [5.74, 6) is -0.146. The summed E-state index contributed by atoms with van der Waals surface area (Å²) in [4.78, 5) is 11.8. The van der Waals surface area contributed by atoms with Gasteiger partial charge in [0.15, 0.2) is 0 Å². The lowest BCUT2D eigenvalue weighted by atomic mass is 10.2. The molecule has 3 nitrogen and oxygen atoms in total. The van der Waals surface area contributed by atoms with Crippen molar-refractivity contribution in [3.05, 3.63) is 33.8 Å². The first-order valence-electron chi connectivity index (χ1n) is 6.46. The summed E-state index contributed by atoms with van der Waals surface area (Å²) in [5, 5.41) is 3.65. The highest BCUT2D eigenvalue weighted by atomic mass is 35.5. The molecule has 1 N–H and O–H groups in total. The van der Waals surface area contributed by atoms with Crippen LogP contribution in [-0.4, -0.2) is 25.7 Å². The fraction of sp³-hybridized carbons (Fsp3) is 0.500. The second kappa shape index (κ2) is 9.18.